The summed E-state index contributed by atoms with van der Waals surface area (Å²) in [6.07, 6.45) is 1.99. The number of sulfone groups is 2. The van der Waals surface area contributed by atoms with Crippen molar-refractivity contribution < 1.29 is 16.8 Å². The van der Waals surface area contributed by atoms with E-state index >= 15 is 0 Å². The Morgan fingerprint density at radius 1 is 0.867 bits per heavy atom. The molecule has 2 N–H and O–H groups in total. The lowest BCUT2D eigenvalue weighted by Gasteiger charge is -2.04. The van der Waals surface area contributed by atoms with Crippen molar-refractivity contribution in [3.05, 3.63) is 18.2 Å². The fourth-order valence-corrected chi connectivity index (χ4v) is 2.48. The van der Waals surface area contributed by atoms with Gasteiger partial charge in [0.05, 0.1) is 9.79 Å². The Morgan fingerprint density at radius 3 is 1.47 bits per heavy atom. The lowest BCUT2D eigenvalue weighted by atomic mass is 10.3. The van der Waals surface area contributed by atoms with Crippen LogP contribution in [0.1, 0.15) is 0 Å². The molecule has 1 aromatic rings. The Hall–Kier alpha value is -1.08. The Balaban J connectivity index is 3.57. The molecule has 5 nitrogen and oxygen atoms in total. The fraction of sp³-hybridized carbons (Fsp3) is 0.250. The van der Waals surface area contributed by atoms with E-state index in [-0.39, 0.29) is 15.5 Å². The van der Waals surface area contributed by atoms with Crippen LogP contribution in [0.4, 0.5) is 5.69 Å². The third-order valence-electron chi connectivity index (χ3n) is 1.76. The Kier molecular flexibility index (Phi) is 2.79. The van der Waals surface area contributed by atoms with Gasteiger partial charge in [0, 0.05) is 18.2 Å². The summed E-state index contributed by atoms with van der Waals surface area (Å²) in [5, 5.41) is 0. The molecule has 0 unspecified atom stereocenters. The van der Waals surface area contributed by atoms with Crippen LogP contribution in [-0.4, -0.2) is 29.3 Å². The summed E-state index contributed by atoms with van der Waals surface area (Å²) in [5.74, 6) is 0. The van der Waals surface area contributed by atoms with Crippen LogP contribution in [0.25, 0.3) is 0 Å². The minimum atomic E-state index is -3.45. The zero-order valence-corrected chi connectivity index (χ0v) is 9.89. The number of nitrogens with two attached hydrogens (primary N) is 1. The molecule has 0 aromatic heterocycles. The summed E-state index contributed by atoms with van der Waals surface area (Å²) in [7, 11) is -6.91. The van der Waals surface area contributed by atoms with Crippen LogP contribution in [0.3, 0.4) is 0 Å². The largest absolute Gasteiger partial charge is 0.399 e. The smallest absolute Gasteiger partial charge is 0.175 e. The first-order valence-corrected chi connectivity index (χ1v) is 7.69. The molecule has 1 rings (SSSR count). The number of anilines is 1. The Labute approximate surface area is 88.8 Å². The Bertz CT molecular complexity index is 537. The van der Waals surface area contributed by atoms with Gasteiger partial charge in [0.15, 0.2) is 19.7 Å². The lowest BCUT2D eigenvalue weighted by Crippen LogP contribution is -2.04. The number of nitrogen functional groups attached to an aromatic ring is 1. The molecule has 0 spiro atoms. The van der Waals surface area contributed by atoms with Gasteiger partial charge in [0.1, 0.15) is 0 Å². The molecule has 0 radical (unpaired) electrons. The van der Waals surface area contributed by atoms with Crippen molar-refractivity contribution in [2.75, 3.05) is 18.2 Å². The fourth-order valence-electron chi connectivity index (χ4n) is 1.02. The molecular weight excluding hydrogens is 238 g/mol. The van der Waals surface area contributed by atoms with Crippen LogP contribution in [0.5, 0.6) is 0 Å². The van der Waals surface area contributed by atoms with Gasteiger partial charge < -0.3 is 5.73 Å². The molecule has 0 aliphatic heterocycles. The van der Waals surface area contributed by atoms with E-state index in [1.165, 1.54) is 12.1 Å². The van der Waals surface area contributed by atoms with Gasteiger partial charge >= 0.3 is 0 Å². The van der Waals surface area contributed by atoms with Gasteiger partial charge in [-0.15, -0.1) is 0 Å². The average molecular weight is 249 g/mol. The monoisotopic (exact) mass is 249 g/mol. The highest BCUT2D eigenvalue weighted by atomic mass is 32.2. The highest BCUT2D eigenvalue weighted by Gasteiger charge is 2.14. The molecule has 0 fully saturated rings. The molecule has 1 aromatic carbocycles. The molecule has 0 aliphatic rings. The van der Waals surface area contributed by atoms with Gasteiger partial charge in [-0.1, -0.05) is 0 Å². The highest BCUT2D eigenvalue weighted by Crippen LogP contribution is 2.20. The zero-order chi connectivity index (χ0) is 11.9. The van der Waals surface area contributed by atoms with E-state index in [0.717, 1.165) is 18.6 Å². The van der Waals surface area contributed by atoms with E-state index in [1.54, 1.807) is 0 Å². The first kappa shape index (κ1) is 12.0. The van der Waals surface area contributed by atoms with E-state index in [4.69, 9.17) is 5.73 Å². The number of rotatable bonds is 2. The number of benzene rings is 1. The third kappa shape index (κ3) is 2.93. The van der Waals surface area contributed by atoms with Crippen molar-refractivity contribution in [1.82, 2.24) is 0 Å². The van der Waals surface area contributed by atoms with Crippen LogP contribution in [-0.2, 0) is 19.7 Å². The summed E-state index contributed by atoms with van der Waals surface area (Å²) in [4.78, 5) is -0.189. The van der Waals surface area contributed by atoms with E-state index in [9.17, 15) is 16.8 Å². The second-order valence-electron chi connectivity index (χ2n) is 3.28. The maximum atomic E-state index is 11.2. The Morgan fingerprint density at radius 2 is 1.20 bits per heavy atom. The van der Waals surface area contributed by atoms with E-state index < -0.39 is 19.7 Å². The summed E-state index contributed by atoms with van der Waals surface area (Å²) in [5.41, 5.74) is 5.53. The summed E-state index contributed by atoms with van der Waals surface area (Å²) < 4.78 is 44.9. The standard InChI is InChI=1S/C8H11NO4S2/c1-14(10,11)7-3-6(9)4-8(5-7)15(2,12)13/h3-5H,9H2,1-2H3. The molecule has 84 valence electrons. The van der Waals surface area contributed by atoms with Gasteiger partial charge in [-0.3, -0.25) is 0 Å². The topological polar surface area (TPSA) is 94.3 Å². The summed E-state index contributed by atoms with van der Waals surface area (Å²) >= 11 is 0. The quantitative estimate of drug-likeness (QED) is 0.749. The maximum absolute atomic E-state index is 11.2. The summed E-state index contributed by atoms with van der Waals surface area (Å²) in [6.45, 7) is 0. The van der Waals surface area contributed by atoms with Crippen molar-refractivity contribution in [2.24, 2.45) is 0 Å². The van der Waals surface area contributed by atoms with Gasteiger partial charge in [-0.05, 0) is 18.2 Å². The van der Waals surface area contributed by atoms with Crippen LogP contribution < -0.4 is 5.73 Å². The first-order valence-electron chi connectivity index (χ1n) is 3.91. The molecule has 0 saturated heterocycles. The van der Waals surface area contributed by atoms with Gasteiger partial charge in [-0.2, -0.15) is 0 Å². The predicted octanol–water partition coefficient (Wildman–Crippen LogP) is 0.0758. The number of hydrogen-bond donors (Lipinski definition) is 1. The minimum absolute atomic E-state index is 0.0945. The molecule has 0 amide bonds. The normalized spacial score (nSPS) is 12.7. The highest BCUT2D eigenvalue weighted by molar-refractivity contribution is 7.91. The SMILES string of the molecule is CS(=O)(=O)c1cc(N)cc(S(C)(=O)=O)c1. The number of hydrogen-bond acceptors (Lipinski definition) is 5. The van der Waals surface area contributed by atoms with Crippen molar-refractivity contribution >= 4 is 25.4 Å². The maximum Gasteiger partial charge on any atom is 0.175 e. The average Bonchev–Trinajstić information content (AvgIpc) is 1.99. The minimum Gasteiger partial charge on any atom is -0.399 e. The second kappa shape index (κ2) is 3.49. The van der Waals surface area contributed by atoms with Crippen molar-refractivity contribution in [3.63, 3.8) is 0 Å². The van der Waals surface area contributed by atoms with Crippen LogP contribution in [0, 0.1) is 0 Å². The van der Waals surface area contributed by atoms with Gasteiger partial charge in [0.25, 0.3) is 0 Å². The third-order valence-corrected chi connectivity index (χ3v) is 3.94. The molecule has 0 aliphatic carbocycles. The van der Waals surface area contributed by atoms with E-state index in [0.29, 0.717) is 0 Å². The summed E-state index contributed by atoms with van der Waals surface area (Å²) in [6, 6.07) is 3.55. The second-order valence-corrected chi connectivity index (χ2v) is 7.31. The van der Waals surface area contributed by atoms with Crippen LogP contribution >= 0.6 is 0 Å². The van der Waals surface area contributed by atoms with E-state index in [1.807, 2.05) is 0 Å². The molecule has 15 heavy (non-hydrogen) atoms. The van der Waals surface area contributed by atoms with Crippen molar-refractivity contribution in [2.45, 2.75) is 9.79 Å². The molecule has 7 heteroatoms. The molecule has 0 saturated carbocycles. The van der Waals surface area contributed by atoms with Gasteiger partial charge in [0.2, 0.25) is 0 Å². The predicted molar refractivity (Wildman–Crippen MR) is 57.1 cm³/mol. The van der Waals surface area contributed by atoms with Crippen molar-refractivity contribution in [3.8, 4) is 0 Å². The van der Waals surface area contributed by atoms with E-state index in [2.05, 4.69) is 0 Å². The molecule has 0 atom stereocenters. The van der Waals surface area contributed by atoms with Gasteiger partial charge in [-0.25, -0.2) is 16.8 Å². The van der Waals surface area contributed by atoms with Crippen LogP contribution in [0.2, 0.25) is 0 Å². The molecular formula is C8H11NO4S2. The van der Waals surface area contributed by atoms with Crippen molar-refractivity contribution in [1.29, 1.82) is 0 Å². The van der Waals surface area contributed by atoms with Crippen LogP contribution in [0.15, 0.2) is 28.0 Å². The first-order chi connectivity index (χ1) is 6.60. The lowest BCUT2D eigenvalue weighted by molar-refractivity contribution is 0.600. The molecule has 0 bridgehead atoms. The molecule has 0 heterocycles. The zero-order valence-electron chi connectivity index (χ0n) is 8.26.